The summed E-state index contributed by atoms with van der Waals surface area (Å²) in [6, 6.07) is 16.8. The highest BCUT2D eigenvalue weighted by molar-refractivity contribution is 5.80. The number of nitrogen functional groups attached to an aromatic ring is 1. The van der Waals surface area contributed by atoms with Crippen LogP contribution >= 0.6 is 0 Å². The first-order valence-corrected chi connectivity index (χ1v) is 10.5. The quantitative estimate of drug-likeness (QED) is 0.651. The lowest BCUT2D eigenvalue weighted by Crippen LogP contribution is -2.44. The molecule has 156 valence electrons. The van der Waals surface area contributed by atoms with Crippen molar-refractivity contribution in [3.63, 3.8) is 0 Å². The fourth-order valence-electron chi connectivity index (χ4n) is 4.37. The molecule has 0 bridgehead atoms. The van der Waals surface area contributed by atoms with Gasteiger partial charge in [0.05, 0.1) is 19.8 Å². The van der Waals surface area contributed by atoms with Gasteiger partial charge < -0.3 is 14.4 Å². The maximum Gasteiger partial charge on any atom is 0.291 e. The summed E-state index contributed by atoms with van der Waals surface area (Å²) in [5.41, 5.74) is 13.3. The largest absolute Gasteiger partial charge is 0.490 e. The highest BCUT2D eigenvalue weighted by Gasteiger charge is 2.29. The summed E-state index contributed by atoms with van der Waals surface area (Å²) in [5, 5.41) is 9.90. The van der Waals surface area contributed by atoms with E-state index in [1.807, 2.05) is 30.8 Å². The number of nitrogens with zero attached hydrogens (tertiary/aromatic N) is 3. The van der Waals surface area contributed by atoms with E-state index in [-0.39, 0.29) is 0 Å². The number of anilines is 2. The SMILES string of the molecule is CN(C)c1ccc(-c2cc3[n+](c(N)c2C#N)CCc2cc4c(cc2-3)OCCCO4)cc1. The third-order valence-electron chi connectivity index (χ3n) is 6.05. The van der Waals surface area contributed by atoms with Gasteiger partial charge in [0.2, 0.25) is 0 Å². The van der Waals surface area contributed by atoms with E-state index < -0.39 is 0 Å². The molecule has 0 unspecified atom stereocenters. The lowest BCUT2D eigenvalue weighted by molar-refractivity contribution is -0.673. The van der Waals surface area contributed by atoms with E-state index in [9.17, 15) is 5.26 Å². The molecule has 0 amide bonds. The summed E-state index contributed by atoms with van der Waals surface area (Å²) < 4.78 is 13.9. The minimum absolute atomic E-state index is 0.504. The Balaban J connectivity index is 1.69. The van der Waals surface area contributed by atoms with Gasteiger partial charge in [-0.2, -0.15) is 5.26 Å². The van der Waals surface area contributed by atoms with Gasteiger partial charge in [0, 0.05) is 43.8 Å². The smallest absolute Gasteiger partial charge is 0.291 e. The van der Waals surface area contributed by atoms with Crippen LogP contribution in [0.3, 0.4) is 0 Å². The minimum Gasteiger partial charge on any atom is -0.490 e. The highest BCUT2D eigenvalue weighted by Crippen LogP contribution is 2.40. The molecule has 2 aliphatic rings. The Bertz CT molecular complexity index is 1210. The van der Waals surface area contributed by atoms with Gasteiger partial charge in [0.15, 0.2) is 11.5 Å². The number of nitrogens with two attached hydrogens (primary N) is 1. The predicted molar refractivity (Wildman–Crippen MR) is 120 cm³/mol. The van der Waals surface area contributed by atoms with Crippen LogP contribution in [0.1, 0.15) is 17.5 Å². The Morgan fingerprint density at radius 1 is 1.00 bits per heavy atom. The van der Waals surface area contributed by atoms with Crippen LogP contribution in [0.25, 0.3) is 22.4 Å². The third-order valence-corrected chi connectivity index (χ3v) is 6.05. The van der Waals surface area contributed by atoms with Crippen molar-refractivity contribution < 1.29 is 14.0 Å². The Morgan fingerprint density at radius 2 is 1.71 bits per heavy atom. The molecule has 3 aromatic rings. The summed E-state index contributed by atoms with van der Waals surface area (Å²) in [5.74, 6) is 2.08. The van der Waals surface area contributed by atoms with Crippen LogP contribution in [0.5, 0.6) is 11.5 Å². The van der Waals surface area contributed by atoms with Crippen molar-refractivity contribution in [1.29, 1.82) is 5.26 Å². The van der Waals surface area contributed by atoms with Crippen LogP contribution in [0.15, 0.2) is 42.5 Å². The van der Waals surface area contributed by atoms with Crippen molar-refractivity contribution in [3.8, 4) is 40.0 Å². The molecule has 2 aromatic carbocycles. The summed E-state index contributed by atoms with van der Waals surface area (Å²) in [6.45, 7) is 2.04. The predicted octanol–water partition coefficient (Wildman–Crippen LogP) is 3.55. The van der Waals surface area contributed by atoms with Gasteiger partial charge in [-0.05, 0) is 41.5 Å². The maximum atomic E-state index is 9.90. The summed E-state index contributed by atoms with van der Waals surface area (Å²) >= 11 is 0. The normalized spacial score (nSPS) is 14.1. The summed E-state index contributed by atoms with van der Waals surface area (Å²) in [4.78, 5) is 2.05. The molecule has 0 radical (unpaired) electrons. The van der Waals surface area contributed by atoms with Crippen molar-refractivity contribution >= 4 is 11.5 Å². The van der Waals surface area contributed by atoms with Crippen molar-refractivity contribution in [1.82, 2.24) is 0 Å². The number of hydrogen-bond acceptors (Lipinski definition) is 5. The molecule has 6 nitrogen and oxygen atoms in total. The minimum atomic E-state index is 0.504. The van der Waals surface area contributed by atoms with Gasteiger partial charge >= 0.3 is 0 Å². The molecule has 0 saturated carbocycles. The van der Waals surface area contributed by atoms with Gasteiger partial charge in [-0.25, -0.2) is 4.57 Å². The van der Waals surface area contributed by atoms with Crippen LogP contribution in [0.2, 0.25) is 0 Å². The average Bonchev–Trinajstić information content (AvgIpc) is 3.02. The first-order valence-electron chi connectivity index (χ1n) is 10.5. The van der Waals surface area contributed by atoms with Gasteiger partial charge in [0.1, 0.15) is 17.3 Å². The number of rotatable bonds is 2. The van der Waals surface area contributed by atoms with E-state index in [0.717, 1.165) is 59.0 Å². The number of fused-ring (bicyclic) bond motifs is 4. The number of ether oxygens (including phenoxy) is 2. The average molecular weight is 414 g/mol. The molecule has 2 aliphatic heterocycles. The van der Waals surface area contributed by atoms with Gasteiger partial charge in [-0.1, -0.05) is 12.1 Å². The Labute approximate surface area is 182 Å². The number of benzene rings is 2. The lowest BCUT2D eigenvalue weighted by atomic mass is 9.92. The lowest BCUT2D eigenvalue weighted by Gasteiger charge is -2.22. The number of pyridine rings is 1. The van der Waals surface area contributed by atoms with Crippen LogP contribution in [-0.4, -0.2) is 27.3 Å². The Morgan fingerprint density at radius 3 is 2.39 bits per heavy atom. The molecule has 3 heterocycles. The van der Waals surface area contributed by atoms with Crippen molar-refractivity contribution in [3.05, 3.63) is 53.6 Å². The topological polar surface area (TPSA) is 75.4 Å². The third kappa shape index (κ3) is 3.23. The van der Waals surface area contributed by atoms with E-state index in [2.05, 4.69) is 41.3 Å². The van der Waals surface area contributed by atoms with Crippen LogP contribution in [0.4, 0.5) is 11.5 Å². The number of hydrogen-bond donors (Lipinski definition) is 1. The second-order valence-corrected chi connectivity index (χ2v) is 8.16. The summed E-state index contributed by atoms with van der Waals surface area (Å²) in [6.07, 6.45) is 1.70. The van der Waals surface area contributed by atoms with E-state index in [0.29, 0.717) is 24.6 Å². The fourth-order valence-corrected chi connectivity index (χ4v) is 4.37. The molecule has 2 N–H and O–H groups in total. The molecule has 0 atom stereocenters. The van der Waals surface area contributed by atoms with E-state index >= 15 is 0 Å². The van der Waals surface area contributed by atoms with Gasteiger partial charge in [-0.15, -0.1) is 0 Å². The molecule has 0 saturated heterocycles. The van der Waals surface area contributed by atoms with E-state index in [1.54, 1.807) is 0 Å². The second-order valence-electron chi connectivity index (χ2n) is 8.16. The molecule has 0 aliphatic carbocycles. The first kappa shape index (κ1) is 19.3. The first-order chi connectivity index (χ1) is 15.1. The maximum absolute atomic E-state index is 9.90. The van der Waals surface area contributed by atoms with Crippen molar-refractivity contribution in [2.75, 3.05) is 37.9 Å². The number of nitriles is 1. The molecule has 0 fully saturated rings. The van der Waals surface area contributed by atoms with Gasteiger partial charge in [-0.3, -0.25) is 5.73 Å². The van der Waals surface area contributed by atoms with Crippen molar-refractivity contribution in [2.45, 2.75) is 19.4 Å². The zero-order valence-corrected chi connectivity index (χ0v) is 17.8. The van der Waals surface area contributed by atoms with E-state index in [4.69, 9.17) is 15.2 Å². The molecule has 0 spiro atoms. The molecular formula is C25H25N4O2+. The summed E-state index contributed by atoms with van der Waals surface area (Å²) in [7, 11) is 4.02. The zero-order chi connectivity index (χ0) is 21.5. The molecule has 31 heavy (non-hydrogen) atoms. The molecular weight excluding hydrogens is 388 g/mol. The number of aromatic nitrogens is 1. The fraction of sp³-hybridized carbons (Fsp3) is 0.280. The van der Waals surface area contributed by atoms with Crippen LogP contribution < -0.4 is 24.7 Å². The molecule has 5 rings (SSSR count). The van der Waals surface area contributed by atoms with E-state index in [1.165, 1.54) is 5.56 Å². The van der Waals surface area contributed by atoms with Crippen LogP contribution in [0, 0.1) is 11.3 Å². The second kappa shape index (κ2) is 7.51. The Hall–Kier alpha value is -3.72. The number of aryl methyl sites for hydroxylation is 1. The molecule has 1 aromatic heterocycles. The molecule has 6 heteroatoms. The Kier molecular flexibility index (Phi) is 4.67. The van der Waals surface area contributed by atoms with Crippen molar-refractivity contribution in [2.24, 2.45) is 0 Å². The van der Waals surface area contributed by atoms with Gasteiger partial charge in [0.25, 0.3) is 5.82 Å². The standard InChI is InChI=1S/C25H24N4O2/c1-28(2)18-6-4-16(5-7-18)19-13-22-20-14-24-23(30-10-3-11-31-24)12-17(20)8-9-29(22)25(27)21(19)15-26/h4-7,12-14,27H,3,8-11H2,1-2H3/p+1. The zero-order valence-electron chi connectivity index (χ0n) is 17.8. The van der Waals surface area contributed by atoms with Crippen LogP contribution in [-0.2, 0) is 13.0 Å². The highest BCUT2D eigenvalue weighted by atomic mass is 16.5. The monoisotopic (exact) mass is 413 g/mol.